The van der Waals surface area contributed by atoms with Gasteiger partial charge in [0.15, 0.2) is 0 Å². The average Bonchev–Trinajstić information content (AvgIpc) is 2.83. The van der Waals surface area contributed by atoms with Crippen LogP contribution in [0.2, 0.25) is 0 Å². The number of rotatable bonds is 8. The molecule has 1 aliphatic rings. The fraction of sp³-hybridized carbons (Fsp3) is 0.250. The quantitative estimate of drug-likeness (QED) is 0.459. The molecule has 1 heterocycles. The molecule has 0 saturated heterocycles. The largest absolute Gasteiger partial charge is 0.383 e. The van der Waals surface area contributed by atoms with Gasteiger partial charge in [-0.1, -0.05) is 48.0 Å². The number of likely N-dealkylation sites (N-methyl/N-ethyl adjacent to an activating group) is 1. The van der Waals surface area contributed by atoms with Gasteiger partial charge in [-0.2, -0.15) is 0 Å². The molecule has 0 saturated carbocycles. The highest BCUT2D eigenvalue weighted by Gasteiger charge is 2.17. The molecule has 4 rings (SSSR count). The van der Waals surface area contributed by atoms with Crippen LogP contribution in [0.1, 0.15) is 16.7 Å². The van der Waals surface area contributed by atoms with Crippen molar-refractivity contribution in [3.63, 3.8) is 0 Å². The lowest BCUT2D eigenvalue weighted by atomic mass is 10.0. The van der Waals surface area contributed by atoms with Crippen LogP contribution < -0.4 is 5.32 Å². The Morgan fingerprint density at radius 2 is 1.76 bits per heavy atom. The number of anilines is 1. The summed E-state index contributed by atoms with van der Waals surface area (Å²) in [6, 6.07) is 23.1. The lowest BCUT2D eigenvalue weighted by Gasteiger charge is -2.18. The van der Waals surface area contributed by atoms with Crippen molar-refractivity contribution in [3.05, 3.63) is 89.0 Å². The minimum Gasteiger partial charge on any atom is -0.383 e. The van der Waals surface area contributed by atoms with Crippen LogP contribution in [0.25, 0.3) is 17.2 Å². The highest BCUT2D eigenvalue weighted by atomic mass is 32.2. The van der Waals surface area contributed by atoms with Crippen LogP contribution in [-0.4, -0.2) is 43.9 Å². The molecule has 170 valence electrons. The lowest BCUT2D eigenvalue weighted by molar-refractivity contribution is -0.112. The van der Waals surface area contributed by atoms with E-state index in [1.54, 1.807) is 18.9 Å². The number of aryl methyl sites for hydroxylation is 1. The first-order valence-corrected chi connectivity index (χ1v) is 12.1. The second kappa shape index (κ2) is 10.8. The van der Waals surface area contributed by atoms with E-state index in [1.165, 1.54) is 27.1 Å². The van der Waals surface area contributed by atoms with E-state index in [-0.39, 0.29) is 5.91 Å². The SMILES string of the molecule is COCCN(C)Cc1ccc(NC(=O)C2=Cc3cc(-c4ccc(C)cc4)ccc3SC2)cc1. The molecule has 0 radical (unpaired) electrons. The first kappa shape index (κ1) is 23.3. The summed E-state index contributed by atoms with van der Waals surface area (Å²) in [4.78, 5) is 16.4. The van der Waals surface area contributed by atoms with Gasteiger partial charge in [-0.15, -0.1) is 11.8 Å². The predicted molar refractivity (Wildman–Crippen MR) is 139 cm³/mol. The normalized spacial score (nSPS) is 12.9. The number of hydrogen-bond donors (Lipinski definition) is 1. The van der Waals surface area contributed by atoms with Crippen LogP contribution in [0.3, 0.4) is 0 Å². The van der Waals surface area contributed by atoms with Gasteiger partial charge in [0.25, 0.3) is 5.91 Å². The van der Waals surface area contributed by atoms with Gasteiger partial charge in [-0.25, -0.2) is 0 Å². The predicted octanol–water partition coefficient (Wildman–Crippen LogP) is 5.87. The van der Waals surface area contributed by atoms with Crippen molar-refractivity contribution in [3.8, 4) is 11.1 Å². The zero-order valence-corrected chi connectivity index (χ0v) is 20.2. The summed E-state index contributed by atoms with van der Waals surface area (Å²) in [5.74, 6) is 0.629. The van der Waals surface area contributed by atoms with E-state index in [9.17, 15) is 4.79 Å². The minimum atomic E-state index is -0.0427. The third kappa shape index (κ3) is 6.14. The molecule has 0 unspecified atom stereocenters. The lowest BCUT2D eigenvalue weighted by Crippen LogP contribution is -2.22. The number of methoxy groups -OCH3 is 1. The smallest absolute Gasteiger partial charge is 0.252 e. The molecule has 5 heteroatoms. The van der Waals surface area contributed by atoms with Gasteiger partial charge in [0.05, 0.1) is 6.61 Å². The topological polar surface area (TPSA) is 41.6 Å². The van der Waals surface area contributed by atoms with Gasteiger partial charge in [0.2, 0.25) is 0 Å². The van der Waals surface area contributed by atoms with Crippen LogP contribution in [0.15, 0.2) is 77.2 Å². The molecule has 1 N–H and O–H groups in total. The van der Waals surface area contributed by atoms with E-state index >= 15 is 0 Å². The molecular formula is C28H30N2O2S. The van der Waals surface area contributed by atoms with Crippen LogP contribution in [0.5, 0.6) is 0 Å². The van der Waals surface area contributed by atoms with Crippen molar-refractivity contribution < 1.29 is 9.53 Å². The third-order valence-electron chi connectivity index (χ3n) is 5.74. The molecule has 0 aliphatic carbocycles. The van der Waals surface area contributed by atoms with E-state index in [0.29, 0.717) is 12.4 Å². The Balaban J connectivity index is 1.43. The highest BCUT2D eigenvalue weighted by Crippen LogP contribution is 2.35. The van der Waals surface area contributed by atoms with E-state index < -0.39 is 0 Å². The molecule has 1 amide bonds. The molecule has 0 spiro atoms. The summed E-state index contributed by atoms with van der Waals surface area (Å²) in [7, 11) is 3.79. The van der Waals surface area contributed by atoms with Gasteiger partial charge in [-0.05, 0) is 66.6 Å². The van der Waals surface area contributed by atoms with E-state index in [0.717, 1.165) is 29.9 Å². The zero-order chi connectivity index (χ0) is 23.2. The number of carbonyl (C=O) groups is 1. The number of carbonyl (C=O) groups excluding carboxylic acids is 1. The number of nitrogens with one attached hydrogen (secondary N) is 1. The third-order valence-corrected chi connectivity index (χ3v) is 6.88. The van der Waals surface area contributed by atoms with E-state index in [2.05, 4.69) is 78.8 Å². The standard InChI is InChI=1S/C28H30N2O2S/c1-20-4-8-22(9-5-20)23-10-13-27-24(16-23)17-25(19-33-27)28(31)29-26-11-6-21(7-12-26)18-30(2)14-15-32-3/h4-13,16-17H,14-15,18-19H2,1-3H3,(H,29,31). The molecule has 1 aliphatic heterocycles. The number of ether oxygens (including phenoxy) is 1. The molecule has 3 aromatic rings. The molecule has 33 heavy (non-hydrogen) atoms. The van der Waals surface area contributed by atoms with Crippen molar-refractivity contribution in [2.24, 2.45) is 0 Å². The first-order valence-electron chi connectivity index (χ1n) is 11.1. The fourth-order valence-electron chi connectivity index (χ4n) is 3.78. The summed E-state index contributed by atoms with van der Waals surface area (Å²) in [6.07, 6.45) is 2.03. The molecular weight excluding hydrogens is 428 g/mol. The molecule has 0 atom stereocenters. The maximum atomic E-state index is 12.9. The van der Waals surface area contributed by atoms with Gasteiger partial charge in [0.1, 0.15) is 0 Å². The Bertz CT molecular complexity index is 1140. The molecule has 3 aromatic carbocycles. The Morgan fingerprint density at radius 1 is 1.03 bits per heavy atom. The Labute approximate surface area is 200 Å². The molecule has 0 bridgehead atoms. The Morgan fingerprint density at radius 3 is 2.48 bits per heavy atom. The van der Waals surface area contributed by atoms with Crippen molar-refractivity contribution in [2.75, 3.05) is 38.4 Å². The number of nitrogens with zero attached hydrogens (tertiary/aromatic N) is 1. The number of fused-ring (bicyclic) bond motifs is 1. The van der Waals surface area contributed by atoms with Crippen LogP contribution in [0, 0.1) is 6.92 Å². The van der Waals surface area contributed by atoms with Crippen molar-refractivity contribution in [2.45, 2.75) is 18.4 Å². The fourth-order valence-corrected chi connectivity index (χ4v) is 4.75. The minimum absolute atomic E-state index is 0.0427. The Hall–Kier alpha value is -2.86. The van der Waals surface area contributed by atoms with Crippen LogP contribution in [-0.2, 0) is 16.1 Å². The Kier molecular flexibility index (Phi) is 7.65. The van der Waals surface area contributed by atoms with Gasteiger partial charge in [-0.3, -0.25) is 9.69 Å². The van der Waals surface area contributed by atoms with Crippen LogP contribution >= 0.6 is 11.8 Å². The second-order valence-electron chi connectivity index (χ2n) is 8.46. The summed E-state index contributed by atoms with van der Waals surface area (Å²) in [6.45, 7) is 4.54. The number of benzene rings is 3. The maximum absolute atomic E-state index is 12.9. The molecule has 0 aromatic heterocycles. The van der Waals surface area contributed by atoms with Crippen molar-refractivity contribution in [1.29, 1.82) is 0 Å². The summed E-state index contributed by atoms with van der Waals surface area (Å²) >= 11 is 1.71. The average molecular weight is 459 g/mol. The zero-order valence-electron chi connectivity index (χ0n) is 19.4. The van der Waals surface area contributed by atoms with Gasteiger partial charge < -0.3 is 10.1 Å². The number of amides is 1. The van der Waals surface area contributed by atoms with Crippen molar-refractivity contribution >= 4 is 29.4 Å². The van der Waals surface area contributed by atoms with Crippen molar-refractivity contribution in [1.82, 2.24) is 4.90 Å². The molecule has 0 fully saturated rings. The summed E-state index contributed by atoms with van der Waals surface area (Å²) in [5, 5.41) is 3.06. The molecule has 4 nitrogen and oxygen atoms in total. The highest BCUT2D eigenvalue weighted by molar-refractivity contribution is 7.99. The maximum Gasteiger partial charge on any atom is 0.252 e. The van der Waals surface area contributed by atoms with Gasteiger partial charge in [0, 0.05) is 42.1 Å². The van der Waals surface area contributed by atoms with E-state index in [1.807, 2.05) is 18.2 Å². The monoisotopic (exact) mass is 458 g/mol. The summed E-state index contributed by atoms with van der Waals surface area (Å²) < 4.78 is 5.13. The first-order chi connectivity index (χ1) is 16.0. The second-order valence-corrected chi connectivity index (χ2v) is 9.48. The van der Waals surface area contributed by atoms with E-state index in [4.69, 9.17) is 4.74 Å². The number of hydrogen-bond acceptors (Lipinski definition) is 4. The van der Waals surface area contributed by atoms with Crippen LogP contribution in [0.4, 0.5) is 5.69 Å². The van der Waals surface area contributed by atoms with Gasteiger partial charge >= 0.3 is 0 Å². The number of thioether (sulfide) groups is 1. The summed E-state index contributed by atoms with van der Waals surface area (Å²) in [5.41, 5.74) is 7.51.